The van der Waals surface area contributed by atoms with Crippen molar-refractivity contribution in [3.8, 4) is 0 Å². The number of phosphoric acid groups is 2. The van der Waals surface area contributed by atoms with Crippen molar-refractivity contribution < 1.29 is 80.2 Å². The molecule has 17 nitrogen and oxygen atoms in total. The van der Waals surface area contributed by atoms with Crippen LogP contribution >= 0.6 is 15.6 Å². The first-order valence-electron chi connectivity index (χ1n) is 39.2. The number of phosphoric ester groups is 2. The Bertz CT molecular complexity index is 1870. The van der Waals surface area contributed by atoms with E-state index in [1.807, 2.05) is 0 Å². The number of aliphatic hydroxyl groups excluding tert-OH is 1. The molecular weight excluding hydrogens is 1250 g/mol. The first-order valence-corrected chi connectivity index (χ1v) is 42.2. The summed E-state index contributed by atoms with van der Waals surface area (Å²) in [6, 6.07) is 0. The van der Waals surface area contributed by atoms with Crippen molar-refractivity contribution in [3.05, 3.63) is 0 Å². The Morgan fingerprint density at radius 1 is 0.295 bits per heavy atom. The molecule has 0 bridgehead atoms. The Balaban J connectivity index is 5.26. The van der Waals surface area contributed by atoms with Gasteiger partial charge in [0.1, 0.15) is 19.3 Å². The average molecular weight is 1400 g/mol. The van der Waals surface area contributed by atoms with Crippen LogP contribution in [-0.4, -0.2) is 96.7 Å². The van der Waals surface area contributed by atoms with Crippen LogP contribution in [0.2, 0.25) is 0 Å². The Morgan fingerprint density at radius 2 is 0.505 bits per heavy atom. The minimum Gasteiger partial charge on any atom is -0.462 e. The molecule has 0 aliphatic heterocycles. The van der Waals surface area contributed by atoms with Gasteiger partial charge in [-0.05, 0) is 49.4 Å². The summed E-state index contributed by atoms with van der Waals surface area (Å²) in [4.78, 5) is 72.8. The highest BCUT2D eigenvalue weighted by molar-refractivity contribution is 7.47. The number of ether oxygens (including phenoxy) is 4. The summed E-state index contributed by atoms with van der Waals surface area (Å²) in [7, 11) is -9.91. The number of carbonyl (C=O) groups is 4. The van der Waals surface area contributed by atoms with Crippen molar-refractivity contribution in [1.29, 1.82) is 0 Å². The molecule has 95 heavy (non-hydrogen) atoms. The third-order valence-electron chi connectivity index (χ3n) is 17.9. The van der Waals surface area contributed by atoms with Crippen molar-refractivity contribution in [1.82, 2.24) is 0 Å². The van der Waals surface area contributed by atoms with Crippen LogP contribution in [0.4, 0.5) is 0 Å². The quantitative estimate of drug-likeness (QED) is 0.0222. The highest BCUT2D eigenvalue weighted by Gasteiger charge is 2.30. The predicted octanol–water partition coefficient (Wildman–Crippen LogP) is 22.0. The molecule has 3 N–H and O–H groups in total. The van der Waals surface area contributed by atoms with Gasteiger partial charge in [-0.1, -0.05) is 331 Å². The van der Waals surface area contributed by atoms with Gasteiger partial charge in [0.2, 0.25) is 0 Å². The SMILES string of the molecule is CCC(C)CCCCCCCCC(=O)OC[C@H](COP(=O)(O)OC[C@H](O)COP(=O)(O)OC[C@@H](COC(=O)CCCCCCCCCCCCCC(C)C)OC(=O)CCCCCCCCCCCCCCCCC(C)C)OC(=O)CCCCCCCCCCCCCC(C)C. The Kier molecular flexibility index (Phi) is 64.0. The van der Waals surface area contributed by atoms with E-state index >= 15 is 0 Å². The summed E-state index contributed by atoms with van der Waals surface area (Å²) in [5, 5.41) is 10.6. The maximum absolute atomic E-state index is 13.1. The van der Waals surface area contributed by atoms with E-state index in [1.165, 1.54) is 180 Å². The molecule has 0 radical (unpaired) electrons. The fourth-order valence-corrected chi connectivity index (χ4v) is 13.1. The molecule has 0 aliphatic rings. The van der Waals surface area contributed by atoms with Crippen molar-refractivity contribution in [2.45, 2.75) is 401 Å². The lowest BCUT2D eigenvalue weighted by Gasteiger charge is -2.21. The van der Waals surface area contributed by atoms with E-state index in [0.29, 0.717) is 25.7 Å². The molecular formula is C76H148O17P2. The van der Waals surface area contributed by atoms with Crippen LogP contribution in [0.15, 0.2) is 0 Å². The van der Waals surface area contributed by atoms with Gasteiger partial charge in [0.05, 0.1) is 26.4 Å². The van der Waals surface area contributed by atoms with Gasteiger partial charge >= 0.3 is 39.5 Å². The lowest BCUT2D eigenvalue weighted by atomic mass is 10.00. The maximum atomic E-state index is 13.1. The van der Waals surface area contributed by atoms with Crippen LogP contribution in [0.1, 0.15) is 383 Å². The molecule has 0 heterocycles. The normalized spacial score (nSPS) is 14.4. The molecule has 0 aromatic heterocycles. The minimum atomic E-state index is -4.96. The molecule has 0 aromatic rings. The topological polar surface area (TPSA) is 237 Å². The molecule has 19 heteroatoms. The standard InChI is InChI=1S/C76H148O17P2/c1-9-69(8)55-47-39-34-35-41-49-57-74(79)87-63-72(93-76(81)59-51-43-33-27-21-15-18-24-30-38-46-54-68(6)7)65-91-95(84,85)89-61-70(77)60-88-94(82,83)90-64-71(62-86-73(78)56-48-40-31-25-20-14-17-23-29-37-45-53-67(4)5)92-75(80)58-50-42-32-26-19-13-11-10-12-16-22-28-36-44-52-66(2)3/h66-72,77H,9-65H2,1-8H3,(H,82,83)(H,84,85)/t69?,70-,71-,72-/m1/s1. The van der Waals surface area contributed by atoms with Gasteiger partial charge in [-0.15, -0.1) is 0 Å². The molecule has 0 rings (SSSR count). The van der Waals surface area contributed by atoms with Crippen LogP contribution < -0.4 is 0 Å². The van der Waals surface area contributed by atoms with E-state index in [0.717, 1.165) is 120 Å². The minimum absolute atomic E-state index is 0.105. The monoisotopic (exact) mass is 1400 g/mol. The molecule has 3 unspecified atom stereocenters. The highest BCUT2D eigenvalue weighted by atomic mass is 31.2. The second-order valence-corrected chi connectivity index (χ2v) is 32.0. The first-order chi connectivity index (χ1) is 45.6. The largest absolute Gasteiger partial charge is 0.472 e. The molecule has 0 fully saturated rings. The predicted molar refractivity (Wildman–Crippen MR) is 386 cm³/mol. The van der Waals surface area contributed by atoms with Crippen molar-refractivity contribution in [3.63, 3.8) is 0 Å². The third-order valence-corrected chi connectivity index (χ3v) is 19.8. The van der Waals surface area contributed by atoms with Gasteiger partial charge in [-0.2, -0.15) is 0 Å². The smallest absolute Gasteiger partial charge is 0.462 e. The average Bonchev–Trinajstić information content (AvgIpc) is 1.33. The Labute approximate surface area is 581 Å². The molecule has 0 spiro atoms. The van der Waals surface area contributed by atoms with E-state index in [2.05, 4.69) is 55.4 Å². The first kappa shape index (κ1) is 93.1. The van der Waals surface area contributed by atoms with Gasteiger partial charge in [0, 0.05) is 25.7 Å². The van der Waals surface area contributed by atoms with Crippen LogP contribution in [0.5, 0.6) is 0 Å². The van der Waals surface area contributed by atoms with Crippen molar-refractivity contribution in [2.24, 2.45) is 23.7 Å². The van der Waals surface area contributed by atoms with Crippen LogP contribution in [0.25, 0.3) is 0 Å². The number of unbranched alkanes of at least 4 members (excludes halogenated alkanes) is 38. The van der Waals surface area contributed by atoms with Crippen LogP contribution in [-0.2, 0) is 65.4 Å². The number of esters is 4. The van der Waals surface area contributed by atoms with Gasteiger partial charge in [0.15, 0.2) is 12.2 Å². The molecule has 564 valence electrons. The number of hydrogen-bond acceptors (Lipinski definition) is 15. The summed E-state index contributed by atoms with van der Waals surface area (Å²) in [5.41, 5.74) is 0. The van der Waals surface area contributed by atoms with Crippen LogP contribution in [0, 0.1) is 23.7 Å². The van der Waals surface area contributed by atoms with E-state index in [4.69, 9.17) is 37.0 Å². The third kappa shape index (κ3) is 69.0. The fourth-order valence-electron chi connectivity index (χ4n) is 11.5. The Morgan fingerprint density at radius 3 is 0.747 bits per heavy atom. The molecule has 0 aliphatic carbocycles. The summed E-state index contributed by atoms with van der Waals surface area (Å²) >= 11 is 0. The lowest BCUT2D eigenvalue weighted by molar-refractivity contribution is -0.161. The molecule has 6 atom stereocenters. The van der Waals surface area contributed by atoms with Crippen molar-refractivity contribution >= 4 is 39.5 Å². The summed E-state index contributed by atoms with van der Waals surface area (Å²) in [6.45, 7) is 14.2. The number of aliphatic hydroxyl groups is 1. The van der Waals surface area contributed by atoms with E-state index in [-0.39, 0.29) is 25.7 Å². The maximum Gasteiger partial charge on any atom is 0.472 e. The number of rotatable bonds is 73. The summed E-state index contributed by atoms with van der Waals surface area (Å²) in [5.74, 6) is 0.941. The number of hydrogen-bond donors (Lipinski definition) is 3. The van der Waals surface area contributed by atoms with E-state index in [1.54, 1.807) is 0 Å². The second-order valence-electron chi connectivity index (χ2n) is 29.1. The van der Waals surface area contributed by atoms with Crippen LogP contribution in [0.3, 0.4) is 0 Å². The zero-order chi connectivity index (χ0) is 70.3. The van der Waals surface area contributed by atoms with E-state index < -0.39 is 97.5 Å². The van der Waals surface area contributed by atoms with Crippen molar-refractivity contribution in [2.75, 3.05) is 39.6 Å². The second kappa shape index (κ2) is 65.4. The summed E-state index contributed by atoms with van der Waals surface area (Å²) in [6.07, 6.45) is 49.9. The Hall–Kier alpha value is -1.94. The van der Waals surface area contributed by atoms with Gasteiger partial charge in [0.25, 0.3) is 0 Å². The fraction of sp³-hybridized carbons (Fsp3) is 0.947. The molecule has 0 saturated carbocycles. The highest BCUT2D eigenvalue weighted by Crippen LogP contribution is 2.45. The lowest BCUT2D eigenvalue weighted by Crippen LogP contribution is -2.30. The van der Waals surface area contributed by atoms with Gasteiger partial charge < -0.3 is 33.8 Å². The van der Waals surface area contributed by atoms with Gasteiger partial charge in [-0.3, -0.25) is 37.3 Å². The van der Waals surface area contributed by atoms with E-state index in [9.17, 15) is 43.2 Å². The number of carbonyl (C=O) groups excluding carboxylic acids is 4. The molecule has 0 amide bonds. The molecule has 0 saturated heterocycles. The zero-order valence-corrected chi connectivity index (χ0v) is 64.1. The molecule has 0 aromatic carbocycles. The van der Waals surface area contributed by atoms with Gasteiger partial charge in [-0.25, -0.2) is 9.13 Å². The zero-order valence-electron chi connectivity index (χ0n) is 62.3. The summed E-state index contributed by atoms with van der Waals surface area (Å²) < 4.78 is 68.5.